The van der Waals surface area contributed by atoms with Crippen LogP contribution in [-0.4, -0.2) is 38.4 Å². The van der Waals surface area contributed by atoms with Crippen molar-refractivity contribution in [2.24, 2.45) is 13.0 Å². The zero-order valence-corrected chi connectivity index (χ0v) is 16.5. The summed E-state index contributed by atoms with van der Waals surface area (Å²) in [6, 6.07) is 7.25. The Morgan fingerprint density at radius 1 is 1.22 bits per heavy atom. The molecule has 2 aromatic rings. The molecule has 0 saturated heterocycles. The maximum absolute atomic E-state index is 12.4. The van der Waals surface area contributed by atoms with Crippen molar-refractivity contribution >= 4 is 29.3 Å². The van der Waals surface area contributed by atoms with Gasteiger partial charge in [0.25, 0.3) is 5.91 Å². The summed E-state index contributed by atoms with van der Waals surface area (Å²) < 4.78 is 1.76. The van der Waals surface area contributed by atoms with Crippen molar-refractivity contribution in [3.63, 3.8) is 0 Å². The molecule has 1 aromatic heterocycles. The Morgan fingerprint density at radius 3 is 2.63 bits per heavy atom. The van der Waals surface area contributed by atoms with Crippen molar-refractivity contribution in [3.8, 4) is 0 Å². The highest BCUT2D eigenvalue weighted by atomic mass is 32.2. The maximum Gasteiger partial charge on any atom is 0.251 e. The van der Waals surface area contributed by atoms with Crippen molar-refractivity contribution < 1.29 is 9.59 Å². The van der Waals surface area contributed by atoms with E-state index in [-0.39, 0.29) is 23.6 Å². The number of benzene rings is 1. The third-order valence-corrected chi connectivity index (χ3v) is 5.90. The van der Waals surface area contributed by atoms with E-state index in [1.807, 2.05) is 7.05 Å². The summed E-state index contributed by atoms with van der Waals surface area (Å²) in [5.74, 6) is 0.585. The summed E-state index contributed by atoms with van der Waals surface area (Å²) in [5.41, 5.74) is 1.28. The molecule has 2 amide bonds. The highest BCUT2D eigenvalue weighted by molar-refractivity contribution is 7.99. The summed E-state index contributed by atoms with van der Waals surface area (Å²) in [7, 11) is 1.83. The van der Waals surface area contributed by atoms with Crippen LogP contribution in [0.5, 0.6) is 0 Å². The number of carbonyl (C=O) groups is 2. The molecule has 0 bridgehead atoms. The van der Waals surface area contributed by atoms with Crippen LogP contribution < -0.4 is 10.6 Å². The molecule has 2 atom stereocenters. The Hall–Kier alpha value is -2.35. The quantitative estimate of drug-likeness (QED) is 0.744. The summed E-state index contributed by atoms with van der Waals surface area (Å²) in [6.07, 6.45) is 6.23. The van der Waals surface area contributed by atoms with E-state index >= 15 is 0 Å². The van der Waals surface area contributed by atoms with Gasteiger partial charge in [-0.3, -0.25) is 9.59 Å². The van der Waals surface area contributed by atoms with Gasteiger partial charge in [0, 0.05) is 24.3 Å². The van der Waals surface area contributed by atoms with E-state index in [2.05, 4.69) is 27.8 Å². The third kappa shape index (κ3) is 5.32. The zero-order valence-electron chi connectivity index (χ0n) is 15.6. The molecular formula is C19H25N5O2S. The number of anilines is 1. The van der Waals surface area contributed by atoms with Crippen LogP contribution in [-0.2, 0) is 11.8 Å². The highest BCUT2D eigenvalue weighted by Crippen LogP contribution is 2.24. The Balaban J connectivity index is 1.49. The number of nitrogens with one attached hydrogen (secondary N) is 2. The lowest BCUT2D eigenvalue weighted by atomic mass is 9.86. The molecule has 1 aromatic carbocycles. The van der Waals surface area contributed by atoms with E-state index < -0.39 is 0 Å². The Labute approximate surface area is 163 Å². The van der Waals surface area contributed by atoms with E-state index in [1.165, 1.54) is 31.0 Å². The number of hydrogen-bond donors (Lipinski definition) is 2. The second kappa shape index (κ2) is 9.03. The zero-order chi connectivity index (χ0) is 19.2. The van der Waals surface area contributed by atoms with Gasteiger partial charge in [-0.05, 0) is 43.0 Å². The van der Waals surface area contributed by atoms with Crippen LogP contribution >= 0.6 is 11.8 Å². The molecule has 0 aliphatic heterocycles. The molecule has 8 heteroatoms. The predicted molar refractivity (Wildman–Crippen MR) is 106 cm³/mol. The van der Waals surface area contributed by atoms with Crippen molar-refractivity contribution in [2.45, 2.75) is 43.8 Å². The molecule has 7 nitrogen and oxygen atoms in total. The van der Waals surface area contributed by atoms with E-state index in [9.17, 15) is 9.59 Å². The molecule has 27 heavy (non-hydrogen) atoms. The van der Waals surface area contributed by atoms with Gasteiger partial charge in [0.15, 0.2) is 5.16 Å². The van der Waals surface area contributed by atoms with Crippen LogP contribution in [0.1, 0.15) is 43.0 Å². The maximum atomic E-state index is 12.4. The number of carbonyl (C=O) groups excluding carboxylic acids is 2. The fourth-order valence-electron chi connectivity index (χ4n) is 3.22. The first kappa shape index (κ1) is 19.4. The number of aryl methyl sites for hydroxylation is 1. The molecule has 2 N–H and O–H groups in total. The summed E-state index contributed by atoms with van der Waals surface area (Å²) >= 11 is 1.32. The average Bonchev–Trinajstić information content (AvgIpc) is 3.07. The lowest BCUT2D eigenvalue weighted by Gasteiger charge is -2.29. The molecule has 0 unspecified atom stereocenters. The molecule has 144 valence electrons. The van der Waals surface area contributed by atoms with Crippen LogP contribution in [0.3, 0.4) is 0 Å². The van der Waals surface area contributed by atoms with Gasteiger partial charge in [-0.1, -0.05) is 31.5 Å². The fraction of sp³-hybridized carbons (Fsp3) is 0.474. The molecule has 1 heterocycles. The topological polar surface area (TPSA) is 88.9 Å². The second-order valence-corrected chi connectivity index (χ2v) is 7.92. The SMILES string of the molecule is C[C@@H]1CCCC[C@H]1NC(=O)c1ccc(NC(=O)CSc2nncn2C)cc1. The molecule has 0 radical (unpaired) electrons. The summed E-state index contributed by atoms with van der Waals surface area (Å²) in [4.78, 5) is 24.5. The molecule has 1 aliphatic rings. The van der Waals surface area contributed by atoms with Gasteiger partial charge < -0.3 is 15.2 Å². The van der Waals surface area contributed by atoms with Gasteiger partial charge in [-0.2, -0.15) is 0 Å². The number of thioether (sulfide) groups is 1. The minimum atomic E-state index is -0.128. The second-order valence-electron chi connectivity index (χ2n) is 6.98. The number of aromatic nitrogens is 3. The van der Waals surface area contributed by atoms with Crippen LogP contribution in [0, 0.1) is 5.92 Å². The Bertz CT molecular complexity index is 790. The largest absolute Gasteiger partial charge is 0.349 e. The molecule has 3 rings (SSSR count). The third-order valence-electron chi connectivity index (χ3n) is 4.86. The van der Waals surface area contributed by atoms with E-state index in [0.29, 0.717) is 22.3 Å². The fourth-order valence-corrected chi connectivity index (χ4v) is 3.91. The first-order valence-electron chi connectivity index (χ1n) is 9.20. The van der Waals surface area contributed by atoms with Gasteiger partial charge >= 0.3 is 0 Å². The van der Waals surface area contributed by atoms with Crippen LogP contribution in [0.25, 0.3) is 0 Å². The smallest absolute Gasteiger partial charge is 0.251 e. The Kier molecular flexibility index (Phi) is 6.49. The first-order chi connectivity index (χ1) is 13.0. The van der Waals surface area contributed by atoms with Gasteiger partial charge in [-0.15, -0.1) is 10.2 Å². The van der Waals surface area contributed by atoms with Gasteiger partial charge in [0.1, 0.15) is 6.33 Å². The number of nitrogens with zero attached hydrogens (tertiary/aromatic N) is 3. The summed E-state index contributed by atoms with van der Waals surface area (Å²) in [6.45, 7) is 2.20. The molecular weight excluding hydrogens is 362 g/mol. The highest BCUT2D eigenvalue weighted by Gasteiger charge is 2.23. The first-order valence-corrected chi connectivity index (χ1v) is 10.2. The standard InChI is InChI=1S/C19H25N5O2S/c1-13-5-3-4-6-16(13)22-18(26)14-7-9-15(10-8-14)21-17(25)11-27-19-23-20-12-24(19)2/h7-10,12-13,16H,3-6,11H2,1-2H3,(H,21,25)(H,22,26)/t13-,16-/m1/s1. The molecule has 1 saturated carbocycles. The van der Waals surface area contributed by atoms with E-state index in [4.69, 9.17) is 0 Å². The number of hydrogen-bond acceptors (Lipinski definition) is 5. The number of amides is 2. The van der Waals surface area contributed by atoms with Crippen molar-refractivity contribution in [1.82, 2.24) is 20.1 Å². The van der Waals surface area contributed by atoms with E-state index in [1.54, 1.807) is 35.2 Å². The molecule has 0 spiro atoms. The van der Waals surface area contributed by atoms with Crippen molar-refractivity contribution in [3.05, 3.63) is 36.2 Å². The Morgan fingerprint density at radius 2 is 1.96 bits per heavy atom. The van der Waals surface area contributed by atoms with E-state index in [0.717, 1.165) is 6.42 Å². The average molecular weight is 388 g/mol. The molecule has 1 aliphatic carbocycles. The lowest BCUT2D eigenvalue weighted by molar-refractivity contribution is -0.113. The van der Waals surface area contributed by atoms with Gasteiger partial charge in [0.2, 0.25) is 5.91 Å². The minimum Gasteiger partial charge on any atom is -0.349 e. The van der Waals surface area contributed by atoms with Crippen LogP contribution in [0.15, 0.2) is 35.7 Å². The van der Waals surface area contributed by atoms with Crippen molar-refractivity contribution in [1.29, 1.82) is 0 Å². The van der Waals surface area contributed by atoms with Crippen LogP contribution in [0.2, 0.25) is 0 Å². The lowest BCUT2D eigenvalue weighted by Crippen LogP contribution is -2.41. The summed E-state index contributed by atoms with van der Waals surface area (Å²) in [5, 5.41) is 14.4. The number of rotatable bonds is 6. The van der Waals surface area contributed by atoms with Crippen LogP contribution in [0.4, 0.5) is 5.69 Å². The van der Waals surface area contributed by atoms with Gasteiger partial charge in [-0.25, -0.2) is 0 Å². The molecule has 1 fully saturated rings. The minimum absolute atomic E-state index is 0.0514. The van der Waals surface area contributed by atoms with Gasteiger partial charge in [0.05, 0.1) is 5.75 Å². The monoisotopic (exact) mass is 387 g/mol. The predicted octanol–water partition coefficient (Wildman–Crippen LogP) is 2.85. The van der Waals surface area contributed by atoms with Crippen molar-refractivity contribution in [2.75, 3.05) is 11.1 Å². The normalized spacial score (nSPS) is 19.5.